The molecule has 0 aliphatic rings. The van der Waals surface area contributed by atoms with Crippen LogP contribution in [0.5, 0.6) is 0 Å². The molecule has 0 bridgehead atoms. The zero-order chi connectivity index (χ0) is 14.2. The smallest absolute Gasteiger partial charge is 0.235 e. The lowest BCUT2D eigenvalue weighted by molar-refractivity contribution is 0.631. The van der Waals surface area contributed by atoms with E-state index in [1.54, 1.807) is 35.1 Å². The second-order valence-electron chi connectivity index (χ2n) is 4.35. The summed E-state index contributed by atoms with van der Waals surface area (Å²) >= 11 is 1.30. The van der Waals surface area contributed by atoms with Crippen LogP contribution < -0.4 is 0 Å². The van der Waals surface area contributed by atoms with Crippen molar-refractivity contribution in [2.75, 3.05) is 0 Å². The van der Waals surface area contributed by atoms with Crippen molar-refractivity contribution >= 4 is 16.3 Å². The van der Waals surface area contributed by atoms with E-state index >= 15 is 0 Å². The minimum absolute atomic E-state index is 0.301. The Labute approximate surface area is 122 Å². The third-order valence-electron chi connectivity index (χ3n) is 3.01. The number of nitrogens with zero attached hydrogens (tertiary/aromatic N) is 5. The van der Waals surface area contributed by atoms with Crippen LogP contribution in [0.15, 0.2) is 48.8 Å². The van der Waals surface area contributed by atoms with Gasteiger partial charge in [0.25, 0.3) is 0 Å². The number of benzene rings is 1. The van der Waals surface area contributed by atoms with E-state index in [0.29, 0.717) is 21.4 Å². The Bertz CT molecular complexity index is 915. The van der Waals surface area contributed by atoms with Crippen LogP contribution in [0.2, 0.25) is 0 Å². The zero-order valence-corrected chi connectivity index (χ0v) is 11.5. The molecule has 21 heavy (non-hydrogen) atoms. The molecule has 0 saturated heterocycles. The average Bonchev–Trinajstić information content (AvgIpc) is 3.08. The number of halogens is 1. The molecule has 0 spiro atoms. The van der Waals surface area contributed by atoms with Crippen LogP contribution in [0.25, 0.3) is 26.9 Å². The second kappa shape index (κ2) is 4.71. The molecule has 0 atom stereocenters. The first-order valence-electron chi connectivity index (χ1n) is 6.20. The molecule has 0 amide bonds. The molecule has 0 unspecified atom stereocenters. The van der Waals surface area contributed by atoms with Crippen molar-refractivity contribution in [2.24, 2.45) is 0 Å². The minimum Gasteiger partial charge on any atom is -0.264 e. The predicted octanol–water partition coefficient (Wildman–Crippen LogP) is 3.05. The molecule has 3 heterocycles. The molecule has 3 aromatic heterocycles. The van der Waals surface area contributed by atoms with E-state index in [1.165, 1.54) is 17.4 Å². The number of fused-ring (bicyclic) bond motifs is 1. The van der Waals surface area contributed by atoms with Gasteiger partial charge in [0.15, 0.2) is 10.8 Å². The van der Waals surface area contributed by atoms with Crippen molar-refractivity contribution < 1.29 is 4.39 Å². The van der Waals surface area contributed by atoms with E-state index in [-0.39, 0.29) is 5.82 Å². The van der Waals surface area contributed by atoms with Crippen LogP contribution in [-0.4, -0.2) is 24.8 Å². The van der Waals surface area contributed by atoms with Crippen LogP contribution in [0.1, 0.15) is 0 Å². The van der Waals surface area contributed by atoms with Crippen molar-refractivity contribution in [3.05, 3.63) is 54.6 Å². The molecule has 0 radical (unpaired) electrons. The van der Waals surface area contributed by atoms with Gasteiger partial charge >= 0.3 is 0 Å². The third-order valence-corrected chi connectivity index (χ3v) is 3.95. The molecule has 0 aliphatic carbocycles. The summed E-state index contributed by atoms with van der Waals surface area (Å²) in [4.78, 5) is 4.68. The standard InChI is InChI=1S/C14H8FN5S/c15-11-6-2-1-5-10(11)13-19-20-12(17-18-14(20)21-13)9-4-3-7-16-8-9/h1-8H. The molecule has 102 valence electrons. The first-order valence-corrected chi connectivity index (χ1v) is 7.02. The Morgan fingerprint density at radius 3 is 2.76 bits per heavy atom. The Morgan fingerprint density at radius 1 is 1.05 bits per heavy atom. The van der Waals surface area contributed by atoms with Gasteiger partial charge in [0.2, 0.25) is 4.96 Å². The fraction of sp³-hybridized carbons (Fsp3) is 0. The van der Waals surface area contributed by atoms with Gasteiger partial charge in [-0.1, -0.05) is 23.5 Å². The quantitative estimate of drug-likeness (QED) is 0.570. The Morgan fingerprint density at radius 2 is 1.95 bits per heavy atom. The zero-order valence-electron chi connectivity index (χ0n) is 10.6. The fourth-order valence-electron chi connectivity index (χ4n) is 2.04. The summed E-state index contributed by atoms with van der Waals surface area (Å²) in [6.45, 7) is 0. The van der Waals surface area contributed by atoms with Crippen molar-refractivity contribution in [3.8, 4) is 22.0 Å². The predicted molar refractivity (Wildman–Crippen MR) is 77.3 cm³/mol. The molecular formula is C14H8FN5S. The maximum atomic E-state index is 13.8. The van der Waals surface area contributed by atoms with Crippen molar-refractivity contribution in [3.63, 3.8) is 0 Å². The largest absolute Gasteiger partial charge is 0.264 e. The maximum Gasteiger partial charge on any atom is 0.235 e. The van der Waals surface area contributed by atoms with Gasteiger partial charge in [-0.15, -0.1) is 10.2 Å². The lowest BCUT2D eigenvalue weighted by Gasteiger charge is -1.97. The van der Waals surface area contributed by atoms with Crippen LogP contribution in [0.4, 0.5) is 4.39 Å². The van der Waals surface area contributed by atoms with E-state index in [1.807, 2.05) is 12.1 Å². The van der Waals surface area contributed by atoms with E-state index in [4.69, 9.17) is 0 Å². The van der Waals surface area contributed by atoms with Crippen molar-refractivity contribution in [1.82, 2.24) is 24.8 Å². The highest BCUT2D eigenvalue weighted by Crippen LogP contribution is 2.29. The van der Waals surface area contributed by atoms with Crippen LogP contribution in [0.3, 0.4) is 0 Å². The molecule has 0 aliphatic heterocycles. The lowest BCUT2D eigenvalue weighted by atomic mass is 10.2. The highest BCUT2D eigenvalue weighted by Gasteiger charge is 2.16. The van der Waals surface area contributed by atoms with E-state index in [9.17, 15) is 4.39 Å². The minimum atomic E-state index is -0.301. The number of aromatic nitrogens is 5. The van der Waals surface area contributed by atoms with Gasteiger partial charge in [-0.25, -0.2) is 4.39 Å². The average molecular weight is 297 g/mol. The van der Waals surface area contributed by atoms with Crippen molar-refractivity contribution in [1.29, 1.82) is 0 Å². The second-order valence-corrected chi connectivity index (χ2v) is 5.30. The van der Waals surface area contributed by atoms with Gasteiger partial charge in [0, 0.05) is 23.5 Å². The highest BCUT2D eigenvalue weighted by atomic mass is 32.1. The maximum absolute atomic E-state index is 13.8. The van der Waals surface area contributed by atoms with Gasteiger partial charge < -0.3 is 0 Å². The van der Waals surface area contributed by atoms with Gasteiger partial charge in [0.05, 0.1) is 0 Å². The van der Waals surface area contributed by atoms with Crippen LogP contribution in [-0.2, 0) is 0 Å². The SMILES string of the molecule is Fc1ccccc1-c1nn2c(-c3cccnc3)nnc2s1. The molecular weight excluding hydrogens is 289 g/mol. The Balaban J connectivity index is 1.89. The normalized spacial score (nSPS) is 11.1. The van der Waals surface area contributed by atoms with E-state index in [2.05, 4.69) is 20.3 Å². The molecule has 1 aromatic carbocycles. The summed E-state index contributed by atoms with van der Waals surface area (Å²) in [6.07, 6.45) is 3.38. The van der Waals surface area contributed by atoms with E-state index < -0.39 is 0 Å². The molecule has 0 fully saturated rings. The van der Waals surface area contributed by atoms with Gasteiger partial charge in [0.1, 0.15) is 5.82 Å². The summed E-state index contributed by atoms with van der Waals surface area (Å²) in [5.74, 6) is 0.294. The van der Waals surface area contributed by atoms with Gasteiger partial charge in [-0.2, -0.15) is 9.61 Å². The monoisotopic (exact) mass is 297 g/mol. The molecule has 0 N–H and O–H groups in total. The number of hydrogen-bond acceptors (Lipinski definition) is 5. The van der Waals surface area contributed by atoms with E-state index in [0.717, 1.165) is 5.56 Å². The van der Waals surface area contributed by atoms with Crippen LogP contribution >= 0.6 is 11.3 Å². The first-order chi connectivity index (χ1) is 10.3. The van der Waals surface area contributed by atoms with Crippen molar-refractivity contribution in [2.45, 2.75) is 0 Å². The summed E-state index contributed by atoms with van der Waals surface area (Å²) in [5.41, 5.74) is 1.28. The topological polar surface area (TPSA) is 56.0 Å². The Hall–Kier alpha value is -2.67. The summed E-state index contributed by atoms with van der Waals surface area (Å²) in [5, 5.41) is 13.2. The number of pyridine rings is 1. The number of rotatable bonds is 2. The molecule has 5 nitrogen and oxygen atoms in total. The summed E-state index contributed by atoms with van der Waals surface area (Å²) < 4.78 is 15.5. The van der Waals surface area contributed by atoms with Gasteiger partial charge in [-0.05, 0) is 24.3 Å². The molecule has 4 rings (SSSR count). The van der Waals surface area contributed by atoms with Crippen LogP contribution in [0, 0.1) is 5.82 Å². The third kappa shape index (κ3) is 1.98. The Kier molecular flexibility index (Phi) is 2.71. The molecule has 7 heteroatoms. The number of hydrogen-bond donors (Lipinski definition) is 0. The molecule has 4 aromatic rings. The lowest BCUT2D eigenvalue weighted by Crippen LogP contribution is -1.92. The first kappa shape index (κ1) is 12.1. The summed E-state index contributed by atoms with van der Waals surface area (Å²) in [7, 11) is 0. The molecule has 0 saturated carbocycles. The summed E-state index contributed by atoms with van der Waals surface area (Å²) in [6, 6.07) is 10.2. The fourth-order valence-corrected chi connectivity index (χ4v) is 2.90. The highest BCUT2D eigenvalue weighted by molar-refractivity contribution is 7.19. The van der Waals surface area contributed by atoms with Gasteiger partial charge in [-0.3, -0.25) is 4.98 Å².